The molecule has 2 heteroatoms. The molecule has 2 aliphatic heterocycles. The summed E-state index contributed by atoms with van der Waals surface area (Å²) in [7, 11) is 0. The van der Waals surface area contributed by atoms with Gasteiger partial charge in [-0.05, 0) is 37.4 Å². The van der Waals surface area contributed by atoms with Crippen molar-refractivity contribution < 1.29 is 4.74 Å². The third-order valence-corrected chi connectivity index (χ3v) is 3.59. The van der Waals surface area contributed by atoms with E-state index < -0.39 is 0 Å². The molecule has 0 unspecified atom stereocenters. The molecule has 1 aromatic carbocycles. The van der Waals surface area contributed by atoms with Crippen LogP contribution in [0.4, 0.5) is 0 Å². The van der Waals surface area contributed by atoms with E-state index >= 15 is 0 Å². The summed E-state index contributed by atoms with van der Waals surface area (Å²) < 4.78 is 5.69. The highest BCUT2D eigenvalue weighted by molar-refractivity contribution is 5.38. The number of para-hydroxylation sites is 1. The van der Waals surface area contributed by atoms with Crippen LogP contribution in [-0.2, 0) is 0 Å². The van der Waals surface area contributed by atoms with Gasteiger partial charge in [-0.3, -0.25) is 0 Å². The molecule has 1 N–H and O–H groups in total. The van der Waals surface area contributed by atoms with Crippen molar-refractivity contribution in [1.29, 1.82) is 0 Å². The van der Waals surface area contributed by atoms with Crippen LogP contribution < -0.4 is 10.1 Å². The summed E-state index contributed by atoms with van der Waals surface area (Å²) in [6, 6.07) is 9.17. The Labute approximate surface area is 90.6 Å². The molecule has 3 rings (SSSR count). The van der Waals surface area contributed by atoms with E-state index in [1.165, 1.54) is 24.9 Å². The Hall–Kier alpha value is -1.02. The maximum atomic E-state index is 5.69. The molecule has 15 heavy (non-hydrogen) atoms. The molecule has 0 amide bonds. The van der Waals surface area contributed by atoms with Crippen LogP contribution in [0.2, 0.25) is 0 Å². The fourth-order valence-electron chi connectivity index (χ4n) is 2.84. The molecule has 1 fully saturated rings. The van der Waals surface area contributed by atoms with Crippen LogP contribution in [0.25, 0.3) is 0 Å². The van der Waals surface area contributed by atoms with Gasteiger partial charge in [-0.15, -0.1) is 0 Å². The largest absolute Gasteiger partial charge is 0.493 e. The first kappa shape index (κ1) is 9.22. The van der Waals surface area contributed by atoms with E-state index in [-0.39, 0.29) is 0 Å². The van der Waals surface area contributed by atoms with Crippen LogP contribution in [0.15, 0.2) is 24.3 Å². The zero-order valence-corrected chi connectivity index (χ0v) is 8.91. The zero-order chi connectivity index (χ0) is 10.1. The van der Waals surface area contributed by atoms with Crippen molar-refractivity contribution in [1.82, 2.24) is 5.32 Å². The predicted molar refractivity (Wildman–Crippen MR) is 60.3 cm³/mol. The van der Waals surface area contributed by atoms with Gasteiger partial charge in [-0.1, -0.05) is 18.2 Å². The summed E-state index contributed by atoms with van der Waals surface area (Å²) in [5.74, 6) is 1.76. The second-order valence-electron chi connectivity index (χ2n) is 4.48. The lowest BCUT2D eigenvalue weighted by Crippen LogP contribution is -2.32. The van der Waals surface area contributed by atoms with Gasteiger partial charge in [0.2, 0.25) is 0 Å². The minimum Gasteiger partial charge on any atom is -0.493 e. The molecule has 0 radical (unpaired) electrons. The maximum Gasteiger partial charge on any atom is 0.122 e. The third kappa shape index (κ3) is 1.63. The molecule has 1 aromatic rings. The number of rotatable bonds is 1. The van der Waals surface area contributed by atoms with Crippen LogP contribution >= 0.6 is 0 Å². The third-order valence-electron chi connectivity index (χ3n) is 3.59. The number of ether oxygens (including phenoxy) is 1. The molecular weight excluding hydrogens is 186 g/mol. The topological polar surface area (TPSA) is 21.3 Å². The van der Waals surface area contributed by atoms with Crippen molar-refractivity contribution in [3.05, 3.63) is 29.8 Å². The van der Waals surface area contributed by atoms with Crippen LogP contribution in [0, 0.1) is 0 Å². The number of hydrogen-bond donors (Lipinski definition) is 1. The Morgan fingerprint density at radius 2 is 2.13 bits per heavy atom. The lowest BCUT2D eigenvalue weighted by atomic mass is 9.86. The first-order valence-corrected chi connectivity index (χ1v) is 5.90. The monoisotopic (exact) mass is 203 g/mol. The van der Waals surface area contributed by atoms with E-state index in [9.17, 15) is 0 Å². The minimum atomic E-state index is 0.664. The Morgan fingerprint density at radius 1 is 1.20 bits per heavy atom. The van der Waals surface area contributed by atoms with Crippen molar-refractivity contribution in [3.63, 3.8) is 0 Å². The summed E-state index contributed by atoms with van der Waals surface area (Å²) in [4.78, 5) is 0. The summed E-state index contributed by atoms with van der Waals surface area (Å²) in [5.41, 5.74) is 1.41. The number of nitrogens with one attached hydrogen (secondary N) is 1. The summed E-state index contributed by atoms with van der Waals surface area (Å²) in [6.45, 7) is 2.06. The van der Waals surface area contributed by atoms with Crippen molar-refractivity contribution in [2.45, 2.75) is 31.2 Å². The van der Waals surface area contributed by atoms with Crippen LogP contribution in [0.3, 0.4) is 0 Å². The van der Waals surface area contributed by atoms with E-state index in [0.29, 0.717) is 12.0 Å². The molecule has 0 aromatic heterocycles. The van der Waals surface area contributed by atoms with Crippen molar-refractivity contribution >= 4 is 0 Å². The molecule has 2 nitrogen and oxygen atoms in total. The van der Waals surface area contributed by atoms with Gasteiger partial charge >= 0.3 is 0 Å². The molecule has 2 atom stereocenters. The SMILES string of the molecule is c1ccc2c(c1)OCC[C@H]2[C@@H]1CCCN1. The van der Waals surface area contributed by atoms with Crippen molar-refractivity contribution in [3.8, 4) is 5.75 Å². The van der Waals surface area contributed by atoms with Crippen LogP contribution in [0.1, 0.15) is 30.7 Å². The van der Waals surface area contributed by atoms with Crippen molar-refractivity contribution in [2.24, 2.45) is 0 Å². The molecule has 0 saturated carbocycles. The highest BCUT2D eigenvalue weighted by Gasteiger charge is 2.30. The van der Waals surface area contributed by atoms with E-state index in [1.54, 1.807) is 0 Å². The zero-order valence-electron chi connectivity index (χ0n) is 8.91. The summed E-state index contributed by atoms with van der Waals surface area (Å²) >= 11 is 0. The van der Waals surface area contributed by atoms with Crippen molar-refractivity contribution in [2.75, 3.05) is 13.2 Å². The van der Waals surface area contributed by atoms with E-state index in [0.717, 1.165) is 18.8 Å². The van der Waals surface area contributed by atoms with E-state index in [2.05, 4.69) is 29.6 Å². The standard InChI is InChI=1S/C13H17NO/c1-2-6-13-11(4-1)10(7-9-15-13)12-5-3-8-14-12/h1-2,4,6,10,12,14H,3,5,7-9H2/t10-,12+/m1/s1. The van der Waals surface area contributed by atoms with Gasteiger partial charge in [-0.2, -0.15) is 0 Å². The smallest absolute Gasteiger partial charge is 0.122 e. The molecule has 1 saturated heterocycles. The minimum absolute atomic E-state index is 0.664. The second-order valence-corrected chi connectivity index (χ2v) is 4.48. The summed E-state index contributed by atoms with van der Waals surface area (Å²) in [5, 5.41) is 3.61. The molecule has 2 aliphatic rings. The average molecular weight is 203 g/mol. The van der Waals surface area contributed by atoms with Gasteiger partial charge in [0.15, 0.2) is 0 Å². The first-order valence-electron chi connectivity index (χ1n) is 5.90. The molecule has 0 bridgehead atoms. The fraction of sp³-hybridized carbons (Fsp3) is 0.538. The van der Waals surface area contributed by atoms with Gasteiger partial charge < -0.3 is 10.1 Å². The fourth-order valence-corrected chi connectivity index (χ4v) is 2.84. The lowest BCUT2D eigenvalue weighted by molar-refractivity contribution is 0.250. The molecule has 2 heterocycles. The molecule has 80 valence electrons. The number of hydrogen-bond acceptors (Lipinski definition) is 2. The van der Waals surface area contributed by atoms with E-state index in [1.807, 2.05) is 0 Å². The van der Waals surface area contributed by atoms with Crippen LogP contribution in [-0.4, -0.2) is 19.2 Å². The summed E-state index contributed by atoms with van der Waals surface area (Å²) in [6.07, 6.45) is 3.80. The Kier molecular flexibility index (Phi) is 2.37. The molecular formula is C13H17NO. The highest BCUT2D eigenvalue weighted by atomic mass is 16.5. The van der Waals surface area contributed by atoms with Crippen LogP contribution in [0.5, 0.6) is 5.75 Å². The number of benzene rings is 1. The first-order chi connectivity index (χ1) is 7.45. The quantitative estimate of drug-likeness (QED) is 0.756. The van der Waals surface area contributed by atoms with Gasteiger partial charge in [0.05, 0.1) is 6.61 Å². The predicted octanol–water partition coefficient (Wildman–Crippen LogP) is 2.30. The Balaban J connectivity index is 1.91. The highest BCUT2D eigenvalue weighted by Crippen LogP contribution is 2.37. The Morgan fingerprint density at radius 3 is 3.00 bits per heavy atom. The van der Waals surface area contributed by atoms with Gasteiger partial charge in [-0.25, -0.2) is 0 Å². The van der Waals surface area contributed by atoms with Gasteiger partial charge in [0, 0.05) is 12.0 Å². The maximum absolute atomic E-state index is 5.69. The van der Waals surface area contributed by atoms with Gasteiger partial charge in [0.25, 0.3) is 0 Å². The lowest BCUT2D eigenvalue weighted by Gasteiger charge is -2.30. The number of fused-ring (bicyclic) bond motifs is 1. The Bertz CT molecular complexity index is 344. The molecule has 0 aliphatic carbocycles. The van der Waals surface area contributed by atoms with E-state index in [4.69, 9.17) is 4.74 Å². The van der Waals surface area contributed by atoms with Gasteiger partial charge in [0.1, 0.15) is 5.75 Å². The second kappa shape index (κ2) is 3.86. The normalized spacial score (nSPS) is 29.6. The molecule has 0 spiro atoms. The average Bonchev–Trinajstić information content (AvgIpc) is 2.82.